The average Bonchev–Trinajstić information content (AvgIpc) is 2.87. The van der Waals surface area contributed by atoms with Crippen LogP contribution in [0.5, 0.6) is 5.75 Å². The number of benzene rings is 3. The third kappa shape index (κ3) is 6.82. The summed E-state index contributed by atoms with van der Waals surface area (Å²) in [5.74, 6) is 6.95. The highest BCUT2D eigenvalue weighted by molar-refractivity contribution is 5.85. The summed E-state index contributed by atoms with van der Waals surface area (Å²) in [7, 11) is 0. The van der Waals surface area contributed by atoms with Crippen LogP contribution in [0.4, 0.5) is 13.2 Å². The predicted molar refractivity (Wildman–Crippen MR) is 136 cm³/mol. The van der Waals surface area contributed by atoms with E-state index in [-0.39, 0.29) is 11.6 Å². The Bertz CT molecular complexity index is 1170. The van der Waals surface area contributed by atoms with Gasteiger partial charge in [-0.25, -0.2) is 4.39 Å². The molecule has 1 saturated carbocycles. The van der Waals surface area contributed by atoms with Crippen LogP contribution in [0.2, 0.25) is 0 Å². The van der Waals surface area contributed by atoms with Crippen molar-refractivity contribution in [2.24, 2.45) is 5.92 Å². The third-order valence-electron chi connectivity index (χ3n) is 7.18. The highest BCUT2D eigenvalue weighted by Gasteiger charge is 2.22. The average molecular weight is 479 g/mol. The first-order valence-corrected chi connectivity index (χ1v) is 12.8. The van der Waals surface area contributed by atoms with Crippen molar-refractivity contribution in [3.63, 3.8) is 0 Å². The molecule has 4 heteroatoms. The molecule has 1 aliphatic carbocycles. The molecule has 0 saturated heterocycles. The zero-order valence-corrected chi connectivity index (χ0v) is 20.3. The monoisotopic (exact) mass is 478 g/mol. The number of unbranched alkanes of at least 4 members (excludes halogenated alkanes) is 3. The standard InChI is InChI=1S/C31H33F3O/c1-2-3-4-5-6-22-7-12-24(13-8-22)26-17-20-29-27(21-26)16-15-25(30(29)32)14-9-23-10-18-28(19-11-23)35-31(33)34/h10-11,15-22,24,31H,2-8,12-13H2,1H3. The number of hydrogen-bond acceptors (Lipinski definition) is 1. The lowest BCUT2D eigenvalue weighted by Gasteiger charge is -2.29. The molecule has 0 aliphatic heterocycles. The summed E-state index contributed by atoms with van der Waals surface area (Å²) in [6.45, 7) is -0.609. The zero-order chi connectivity index (χ0) is 24.6. The van der Waals surface area contributed by atoms with Gasteiger partial charge >= 0.3 is 6.61 Å². The van der Waals surface area contributed by atoms with Crippen LogP contribution in [0.25, 0.3) is 10.8 Å². The summed E-state index contributed by atoms with van der Waals surface area (Å²) in [4.78, 5) is 0. The fourth-order valence-corrected chi connectivity index (χ4v) is 5.16. The maximum atomic E-state index is 15.2. The minimum Gasteiger partial charge on any atom is -0.435 e. The molecule has 0 amide bonds. The summed E-state index contributed by atoms with van der Waals surface area (Å²) < 4.78 is 44.1. The van der Waals surface area contributed by atoms with E-state index in [1.54, 1.807) is 18.2 Å². The van der Waals surface area contributed by atoms with Crippen LogP contribution in [0.3, 0.4) is 0 Å². The van der Waals surface area contributed by atoms with Gasteiger partial charge in [0.05, 0.1) is 5.56 Å². The van der Waals surface area contributed by atoms with Crippen molar-refractivity contribution in [3.05, 3.63) is 77.1 Å². The van der Waals surface area contributed by atoms with Gasteiger partial charge in [0.2, 0.25) is 0 Å². The molecule has 0 bridgehead atoms. The van der Waals surface area contributed by atoms with Crippen molar-refractivity contribution in [3.8, 4) is 17.6 Å². The van der Waals surface area contributed by atoms with Gasteiger partial charge in [-0.05, 0) is 78.8 Å². The first-order chi connectivity index (χ1) is 17.0. The van der Waals surface area contributed by atoms with Crippen LogP contribution in [0.15, 0.2) is 54.6 Å². The van der Waals surface area contributed by atoms with Gasteiger partial charge in [-0.1, -0.05) is 75.1 Å². The Kier molecular flexibility index (Phi) is 8.74. The van der Waals surface area contributed by atoms with E-state index < -0.39 is 6.61 Å². The highest BCUT2D eigenvalue weighted by Crippen LogP contribution is 2.39. The highest BCUT2D eigenvalue weighted by atomic mass is 19.3. The maximum absolute atomic E-state index is 15.2. The molecule has 35 heavy (non-hydrogen) atoms. The molecule has 0 heterocycles. The van der Waals surface area contributed by atoms with E-state index in [0.29, 0.717) is 22.4 Å². The van der Waals surface area contributed by atoms with Gasteiger partial charge in [-0.2, -0.15) is 8.78 Å². The van der Waals surface area contributed by atoms with E-state index in [9.17, 15) is 8.78 Å². The van der Waals surface area contributed by atoms with E-state index in [1.165, 1.54) is 75.5 Å². The summed E-state index contributed by atoms with van der Waals surface area (Å²) in [5, 5.41) is 1.48. The minimum absolute atomic E-state index is 0.0682. The molecule has 1 nitrogen and oxygen atoms in total. The number of hydrogen-bond donors (Lipinski definition) is 0. The Morgan fingerprint density at radius 1 is 0.886 bits per heavy atom. The molecule has 0 spiro atoms. The topological polar surface area (TPSA) is 9.23 Å². The molecule has 3 aromatic carbocycles. The van der Waals surface area contributed by atoms with Gasteiger partial charge in [-0.15, -0.1) is 0 Å². The smallest absolute Gasteiger partial charge is 0.387 e. The largest absolute Gasteiger partial charge is 0.435 e. The predicted octanol–water partition coefficient (Wildman–Crippen LogP) is 9.22. The van der Waals surface area contributed by atoms with Crippen molar-refractivity contribution in [2.75, 3.05) is 0 Å². The molecule has 0 radical (unpaired) electrons. The van der Waals surface area contributed by atoms with Crippen LogP contribution >= 0.6 is 0 Å². The first kappa shape index (κ1) is 25.2. The molecule has 1 aliphatic rings. The molecular formula is C31H33F3O. The van der Waals surface area contributed by atoms with Crippen LogP contribution in [-0.2, 0) is 0 Å². The van der Waals surface area contributed by atoms with Crippen LogP contribution < -0.4 is 4.74 Å². The number of ether oxygens (including phenoxy) is 1. The van der Waals surface area contributed by atoms with Crippen molar-refractivity contribution < 1.29 is 17.9 Å². The Balaban J connectivity index is 1.41. The van der Waals surface area contributed by atoms with E-state index in [4.69, 9.17) is 0 Å². The number of fused-ring (bicyclic) bond motifs is 1. The van der Waals surface area contributed by atoms with Gasteiger partial charge in [-0.3, -0.25) is 0 Å². The number of halogens is 3. The molecule has 4 rings (SSSR count). The molecule has 0 aromatic heterocycles. The van der Waals surface area contributed by atoms with E-state index in [2.05, 4.69) is 35.6 Å². The maximum Gasteiger partial charge on any atom is 0.387 e. The lowest BCUT2D eigenvalue weighted by Crippen LogP contribution is -2.13. The number of rotatable bonds is 8. The second-order valence-corrected chi connectivity index (χ2v) is 9.63. The Hall–Kier alpha value is -2.93. The van der Waals surface area contributed by atoms with Crippen molar-refractivity contribution >= 4 is 10.8 Å². The van der Waals surface area contributed by atoms with Crippen LogP contribution in [0, 0.1) is 23.6 Å². The Labute approximate surface area is 206 Å². The molecular weight excluding hydrogens is 445 g/mol. The van der Waals surface area contributed by atoms with Crippen molar-refractivity contribution in [1.82, 2.24) is 0 Å². The number of alkyl halides is 2. The molecule has 184 valence electrons. The van der Waals surface area contributed by atoms with Gasteiger partial charge in [0.25, 0.3) is 0 Å². The van der Waals surface area contributed by atoms with Gasteiger partial charge < -0.3 is 4.74 Å². The molecule has 0 N–H and O–H groups in total. The van der Waals surface area contributed by atoms with Crippen LogP contribution in [-0.4, -0.2) is 6.61 Å². The third-order valence-corrected chi connectivity index (χ3v) is 7.18. The van der Waals surface area contributed by atoms with Gasteiger partial charge in [0, 0.05) is 10.9 Å². The summed E-state index contributed by atoms with van der Waals surface area (Å²) in [6, 6.07) is 15.8. The molecule has 3 aromatic rings. The van der Waals surface area contributed by atoms with E-state index >= 15 is 4.39 Å². The fraction of sp³-hybridized carbons (Fsp3) is 0.419. The fourth-order valence-electron chi connectivity index (χ4n) is 5.16. The first-order valence-electron chi connectivity index (χ1n) is 12.8. The minimum atomic E-state index is -2.87. The molecule has 0 atom stereocenters. The van der Waals surface area contributed by atoms with Gasteiger partial charge in [0.1, 0.15) is 11.6 Å². The van der Waals surface area contributed by atoms with Crippen molar-refractivity contribution in [1.29, 1.82) is 0 Å². The second-order valence-electron chi connectivity index (χ2n) is 9.63. The molecule has 0 unspecified atom stereocenters. The summed E-state index contributed by atoms with van der Waals surface area (Å²) >= 11 is 0. The summed E-state index contributed by atoms with van der Waals surface area (Å²) in [6.07, 6.45) is 11.8. The lowest BCUT2D eigenvalue weighted by molar-refractivity contribution is -0.0498. The second kappa shape index (κ2) is 12.2. The normalized spacial score (nSPS) is 17.9. The zero-order valence-electron chi connectivity index (χ0n) is 20.3. The lowest BCUT2D eigenvalue weighted by atomic mass is 9.76. The summed E-state index contributed by atoms with van der Waals surface area (Å²) in [5.41, 5.74) is 2.23. The SMILES string of the molecule is CCCCCCC1CCC(c2ccc3c(F)c(C#Cc4ccc(OC(F)F)cc4)ccc3c2)CC1. The van der Waals surface area contributed by atoms with Crippen molar-refractivity contribution in [2.45, 2.75) is 77.2 Å². The quantitative estimate of drug-likeness (QED) is 0.232. The van der Waals surface area contributed by atoms with Gasteiger partial charge in [0.15, 0.2) is 0 Å². The Morgan fingerprint density at radius 2 is 1.66 bits per heavy atom. The van der Waals surface area contributed by atoms with E-state index in [0.717, 1.165) is 11.3 Å². The van der Waals surface area contributed by atoms with Crippen LogP contribution in [0.1, 0.15) is 87.3 Å². The molecule has 1 fully saturated rings. The van der Waals surface area contributed by atoms with E-state index in [1.807, 2.05) is 12.1 Å². The Morgan fingerprint density at radius 3 is 2.37 bits per heavy atom.